The fourth-order valence-corrected chi connectivity index (χ4v) is 3.37. The highest BCUT2D eigenvalue weighted by molar-refractivity contribution is 7.18. The number of thiophene rings is 2. The number of carbonyl (C=O) groups excluding carboxylic acids is 1. The minimum absolute atomic E-state index is 0.192. The molecule has 2 rings (SSSR count). The van der Waals surface area contributed by atoms with Crippen molar-refractivity contribution in [1.29, 1.82) is 0 Å². The Balaban J connectivity index is 2.14. The number of aryl methyl sites for hydroxylation is 2. The standard InChI is InChI=1S/C13H13NO3S2/c1-3-8-4-5-9(18-8)12(15)14-10-6-7(2)11(19-10)13(16)17/h4-6H,3H2,1-2H3,(H,14,15)(H,16,17). The maximum atomic E-state index is 12.0. The van der Waals surface area contributed by atoms with Crippen LogP contribution in [0.15, 0.2) is 18.2 Å². The normalized spacial score (nSPS) is 10.4. The summed E-state index contributed by atoms with van der Waals surface area (Å²) in [6.07, 6.45) is 0.902. The molecule has 0 aliphatic carbocycles. The lowest BCUT2D eigenvalue weighted by molar-refractivity contribution is 0.0701. The molecule has 0 fully saturated rings. The van der Waals surface area contributed by atoms with Gasteiger partial charge in [-0.1, -0.05) is 6.92 Å². The van der Waals surface area contributed by atoms with E-state index in [-0.39, 0.29) is 10.8 Å². The van der Waals surface area contributed by atoms with E-state index in [1.165, 1.54) is 11.3 Å². The number of nitrogens with one attached hydrogen (secondary N) is 1. The highest BCUT2D eigenvalue weighted by Crippen LogP contribution is 2.27. The summed E-state index contributed by atoms with van der Waals surface area (Å²) in [7, 11) is 0. The van der Waals surface area contributed by atoms with Gasteiger partial charge in [-0.05, 0) is 37.1 Å². The number of rotatable bonds is 4. The van der Waals surface area contributed by atoms with Crippen LogP contribution >= 0.6 is 22.7 Å². The van der Waals surface area contributed by atoms with E-state index >= 15 is 0 Å². The van der Waals surface area contributed by atoms with Crippen molar-refractivity contribution in [3.63, 3.8) is 0 Å². The molecule has 0 saturated carbocycles. The summed E-state index contributed by atoms with van der Waals surface area (Å²) in [6, 6.07) is 5.40. The molecule has 100 valence electrons. The van der Waals surface area contributed by atoms with Crippen LogP contribution in [0.4, 0.5) is 5.00 Å². The number of amides is 1. The third-order valence-electron chi connectivity index (χ3n) is 2.58. The van der Waals surface area contributed by atoms with Gasteiger partial charge in [0.05, 0.1) is 9.88 Å². The summed E-state index contributed by atoms with van der Waals surface area (Å²) in [5.41, 5.74) is 0.660. The lowest BCUT2D eigenvalue weighted by Gasteiger charge is -1.98. The third kappa shape index (κ3) is 3.02. The number of carbonyl (C=O) groups is 2. The molecule has 6 heteroatoms. The lowest BCUT2D eigenvalue weighted by atomic mass is 10.3. The van der Waals surface area contributed by atoms with E-state index in [2.05, 4.69) is 5.32 Å². The number of aromatic carboxylic acids is 1. The highest BCUT2D eigenvalue weighted by atomic mass is 32.1. The number of anilines is 1. The summed E-state index contributed by atoms with van der Waals surface area (Å²) in [6.45, 7) is 3.76. The maximum Gasteiger partial charge on any atom is 0.346 e. The van der Waals surface area contributed by atoms with Gasteiger partial charge in [-0.3, -0.25) is 4.79 Å². The Morgan fingerprint density at radius 3 is 2.58 bits per heavy atom. The second kappa shape index (κ2) is 5.54. The van der Waals surface area contributed by atoms with E-state index in [9.17, 15) is 9.59 Å². The van der Waals surface area contributed by atoms with Gasteiger partial charge in [0, 0.05) is 4.88 Å². The predicted molar refractivity (Wildman–Crippen MR) is 77.7 cm³/mol. The van der Waals surface area contributed by atoms with Crippen molar-refractivity contribution in [1.82, 2.24) is 0 Å². The summed E-state index contributed by atoms with van der Waals surface area (Å²) in [4.78, 5) is 25.0. The third-order valence-corrected chi connectivity index (χ3v) is 4.95. The van der Waals surface area contributed by atoms with E-state index in [4.69, 9.17) is 5.11 Å². The summed E-state index contributed by atoms with van der Waals surface area (Å²) < 4.78 is 0. The predicted octanol–water partition coefficient (Wildman–Crippen LogP) is 3.63. The molecule has 0 bridgehead atoms. The van der Waals surface area contributed by atoms with Crippen LogP contribution in [0, 0.1) is 6.92 Å². The molecule has 0 aromatic carbocycles. The minimum Gasteiger partial charge on any atom is -0.477 e. The molecule has 0 radical (unpaired) electrons. The lowest BCUT2D eigenvalue weighted by Crippen LogP contribution is -2.08. The number of carboxylic acids is 1. The monoisotopic (exact) mass is 295 g/mol. The van der Waals surface area contributed by atoms with Gasteiger partial charge in [-0.15, -0.1) is 22.7 Å². The SMILES string of the molecule is CCc1ccc(C(=O)Nc2cc(C)c(C(=O)O)s2)s1. The van der Waals surface area contributed by atoms with Gasteiger partial charge in [-0.2, -0.15) is 0 Å². The molecular weight excluding hydrogens is 282 g/mol. The van der Waals surface area contributed by atoms with Gasteiger partial charge in [0.15, 0.2) is 0 Å². The molecular formula is C13H13NO3S2. The Morgan fingerprint density at radius 1 is 1.32 bits per heavy atom. The quantitative estimate of drug-likeness (QED) is 0.905. The van der Waals surface area contributed by atoms with Crippen molar-refractivity contribution in [3.05, 3.63) is 38.4 Å². The van der Waals surface area contributed by atoms with Gasteiger partial charge >= 0.3 is 5.97 Å². The fourth-order valence-electron chi connectivity index (χ4n) is 1.62. The van der Waals surface area contributed by atoms with Gasteiger partial charge in [0.2, 0.25) is 0 Å². The smallest absolute Gasteiger partial charge is 0.346 e. The van der Waals surface area contributed by atoms with Gasteiger partial charge in [-0.25, -0.2) is 4.79 Å². The van der Waals surface area contributed by atoms with Crippen LogP contribution in [-0.4, -0.2) is 17.0 Å². The number of hydrogen-bond donors (Lipinski definition) is 2. The first-order chi connectivity index (χ1) is 9.01. The molecule has 2 heterocycles. The van der Waals surface area contributed by atoms with E-state index in [0.717, 1.165) is 22.6 Å². The minimum atomic E-state index is -0.965. The molecule has 4 nitrogen and oxygen atoms in total. The van der Waals surface area contributed by atoms with Crippen molar-refractivity contribution in [2.75, 3.05) is 5.32 Å². The molecule has 0 atom stereocenters. The Morgan fingerprint density at radius 2 is 2.05 bits per heavy atom. The zero-order chi connectivity index (χ0) is 14.0. The average Bonchev–Trinajstić information content (AvgIpc) is 2.95. The highest BCUT2D eigenvalue weighted by Gasteiger charge is 2.15. The molecule has 1 amide bonds. The van der Waals surface area contributed by atoms with E-state index in [1.807, 2.05) is 13.0 Å². The summed E-state index contributed by atoms with van der Waals surface area (Å²) in [5, 5.41) is 12.3. The maximum absolute atomic E-state index is 12.0. The molecule has 2 N–H and O–H groups in total. The van der Waals surface area contributed by atoms with Crippen LogP contribution < -0.4 is 5.32 Å². The van der Waals surface area contributed by atoms with Crippen LogP contribution in [0.3, 0.4) is 0 Å². The molecule has 2 aromatic rings. The van der Waals surface area contributed by atoms with Crippen molar-refractivity contribution < 1.29 is 14.7 Å². The first-order valence-corrected chi connectivity index (χ1v) is 7.38. The zero-order valence-electron chi connectivity index (χ0n) is 10.5. The van der Waals surface area contributed by atoms with Gasteiger partial charge < -0.3 is 10.4 Å². The topological polar surface area (TPSA) is 66.4 Å². The van der Waals surface area contributed by atoms with Crippen LogP contribution in [-0.2, 0) is 6.42 Å². The van der Waals surface area contributed by atoms with Crippen molar-refractivity contribution in [2.45, 2.75) is 20.3 Å². The first-order valence-electron chi connectivity index (χ1n) is 5.75. The fraction of sp³-hybridized carbons (Fsp3) is 0.231. The second-order valence-electron chi connectivity index (χ2n) is 4.00. The van der Waals surface area contributed by atoms with E-state index < -0.39 is 5.97 Å². The first kappa shape index (κ1) is 13.8. The molecule has 0 aliphatic heterocycles. The number of carboxylic acid groups (broad SMARTS) is 1. The number of hydrogen-bond acceptors (Lipinski definition) is 4. The summed E-state index contributed by atoms with van der Waals surface area (Å²) in [5.74, 6) is -1.16. The molecule has 0 saturated heterocycles. The average molecular weight is 295 g/mol. The Hall–Kier alpha value is -1.66. The van der Waals surface area contributed by atoms with Crippen molar-refractivity contribution in [2.24, 2.45) is 0 Å². The Bertz CT molecular complexity index is 628. The molecule has 0 spiro atoms. The van der Waals surface area contributed by atoms with Gasteiger partial charge in [0.1, 0.15) is 4.88 Å². The van der Waals surface area contributed by atoms with Crippen LogP contribution in [0.2, 0.25) is 0 Å². The zero-order valence-corrected chi connectivity index (χ0v) is 12.2. The van der Waals surface area contributed by atoms with E-state index in [0.29, 0.717) is 15.4 Å². The molecule has 19 heavy (non-hydrogen) atoms. The Labute approximate surface area is 118 Å². The van der Waals surface area contributed by atoms with E-state index in [1.54, 1.807) is 19.1 Å². The molecule has 0 unspecified atom stereocenters. The summed E-state index contributed by atoms with van der Waals surface area (Å²) >= 11 is 2.53. The van der Waals surface area contributed by atoms with Crippen LogP contribution in [0.25, 0.3) is 0 Å². The largest absolute Gasteiger partial charge is 0.477 e. The second-order valence-corrected chi connectivity index (χ2v) is 6.22. The van der Waals surface area contributed by atoms with Crippen molar-refractivity contribution >= 4 is 39.6 Å². The van der Waals surface area contributed by atoms with Crippen LogP contribution in [0.5, 0.6) is 0 Å². The van der Waals surface area contributed by atoms with Gasteiger partial charge in [0.25, 0.3) is 5.91 Å². The van der Waals surface area contributed by atoms with Crippen molar-refractivity contribution in [3.8, 4) is 0 Å². The molecule has 2 aromatic heterocycles. The Kier molecular flexibility index (Phi) is 4.01. The molecule has 0 aliphatic rings. The van der Waals surface area contributed by atoms with Crippen LogP contribution in [0.1, 0.15) is 36.7 Å².